The second kappa shape index (κ2) is 5.37. The lowest BCUT2D eigenvalue weighted by atomic mass is 10.4. The topological polar surface area (TPSA) is 43.4 Å². The Labute approximate surface area is 77.9 Å². The molecule has 0 aliphatic rings. The summed E-state index contributed by atoms with van der Waals surface area (Å²) < 4.78 is 10.2. The SMILES string of the molecule is CNc1cncc(OCCOC)c1. The zero-order chi connectivity index (χ0) is 9.52. The predicted octanol–water partition coefficient (Wildman–Crippen LogP) is 1.15. The maximum Gasteiger partial charge on any atom is 0.139 e. The maximum atomic E-state index is 5.36. The van der Waals surface area contributed by atoms with Gasteiger partial charge in [-0.3, -0.25) is 4.98 Å². The highest BCUT2D eigenvalue weighted by atomic mass is 16.5. The summed E-state index contributed by atoms with van der Waals surface area (Å²) in [5.74, 6) is 0.754. The molecule has 1 N–H and O–H groups in total. The third kappa shape index (κ3) is 3.29. The Bertz CT molecular complexity index is 253. The van der Waals surface area contributed by atoms with Crippen LogP contribution in [-0.2, 0) is 4.74 Å². The molecule has 0 saturated heterocycles. The highest BCUT2D eigenvalue weighted by Crippen LogP contribution is 2.14. The lowest BCUT2D eigenvalue weighted by molar-refractivity contribution is 0.146. The van der Waals surface area contributed by atoms with Crippen LogP contribution in [0.5, 0.6) is 5.75 Å². The number of methoxy groups -OCH3 is 1. The van der Waals surface area contributed by atoms with E-state index in [0.29, 0.717) is 13.2 Å². The van der Waals surface area contributed by atoms with Gasteiger partial charge in [0.15, 0.2) is 0 Å². The number of hydrogen-bond donors (Lipinski definition) is 1. The molecule has 1 heterocycles. The average Bonchev–Trinajstić information content (AvgIpc) is 2.19. The zero-order valence-electron chi connectivity index (χ0n) is 7.91. The molecule has 0 aliphatic heterocycles. The summed E-state index contributed by atoms with van der Waals surface area (Å²) in [7, 11) is 3.49. The first kappa shape index (κ1) is 9.80. The Morgan fingerprint density at radius 1 is 1.38 bits per heavy atom. The van der Waals surface area contributed by atoms with E-state index in [1.807, 2.05) is 13.1 Å². The van der Waals surface area contributed by atoms with Gasteiger partial charge < -0.3 is 14.8 Å². The standard InChI is InChI=1S/C9H14N2O2/c1-10-8-5-9(7-11-6-8)13-4-3-12-2/h5-7,10H,3-4H2,1-2H3. The Balaban J connectivity index is 2.46. The van der Waals surface area contributed by atoms with E-state index in [-0.39, 0.29) is 0 Å². The molecular weight excluding hydrogens is 168 g/mol. The van der Waals surface area contributed by atoms with Gasteiger partial charge in [-0.15, -0.1) is 0 Å². The van der Waals surface area contributed by atoms with E-state index in [0.717, 1.165) is 11.4 Å². The largest absolute Gasteiger partial charge is 0.489 e. The number of hydrogen-bond acceptors (Lipinski definition) is 4. The second-order valence-corrected chi connectivity index (χ2v) is 2.50. The van der Waals surface area contributed by atoms with Crippen molar-refractivity contribution in [1.82, 2.24) is 4.98 Å². The summed E-state index contributed by atoms with van der Waals surface area (Å²) in [5, 5.41) is 2.98. The van der Waals surface area contributed by atoms with E-state index in [1.54, 1.807) is 19.5 Å². The molecule has 0 atom stereocenters. The number of pyridine rings is 1. The van der Waals surface area contributed by atoms with Gasteiger partial charge in [0.05, 0.1) is 24.7 Å². The van der Waals surface area contributed by atoms with Crippen molar-refractivity contribution in [2.45, 2.75) is 0 Å². The first-order valence-corrected chi connectivity index (χ1v) is 4.11. The van der Waals surface area contributed by atoms with Crippen molar-refractivity contribution in [2.75, 3.05) is 32.7 Å². The fraction of sp³-hybridized carbons (Fsp3) is 0.444. The van der Waals surface area contributed by atoms with Crippen LogP contribution in [-0.4, -0.2) is 32.4 Å². The van der Waals surface area contributed by atoms with Gasteiger partial charge in [0, 0.05) is 20.2 Å². The number of anilines is 1. The average molecular weight is 182 g/mol. The highest BCUT2D eigenvalue weighted by molar-refractivity contribution is 5.44. The van der Waals surface area contributed by atoms with Crippen LogP contribution in [0.4, 0.5) is 5.69 Å². The number of nitrogens with zero attached hydrogens (tertiary/aromatic N) is 1. The van der Waals surface area contributed by atoms with Crippen LogP contribution in [0.3, 0.4) is 0 Å². The minimum atomic E-state index is 0.547. The number of nitrogens with one attached hydrogen (secondary N) is 1. The van der Waals surface area contributed by atoms with Gasteiger partial charge in [-0.1, -0.05) is 0 Å². The van der Waals surface area contributed by atoms with E-state index < -0.39 is 0 Å². The van der Waals surface area contributed by atoms with Crippen LogP contribution in [0.15, 0.2) is 18.5 Å². The van der Waals surface area contributed by atoms with Crippen LogP contribution >= 0.6 is 0 Å². The summed E-state index contributed by atoms with van der Waals surface area (Å²) in [6, 6.07) is 1.89. The van der Waals surface area contributed by atoms with Crippen molar-refractivity contribution in [2.24, 2.45) is 0 Å². The van der Waals surface area contributed by atoms with Gasteiger partial charge in [0.25, 0.3) is 0 Å². The summed E-state index contributed by atoms with van der Waals surface area (Å²) in [5.41, 5.74) is 0.940. The maximum absolute atomic E-state index is 5.36. The lowest BCUT2D eigenvalue weighted by Gasteiger charge is -2.06. The minimum Gasteiger partial charge on any atom is -0.489 e. The molecule has 0 aliphatic carbocycles. The monoisotopic (exact) mass is 182 g/mol. The van der Waals surface area contributed by atoms with E-state index in [1.165, 1.54) is 0 Å². The second-order valence-electron chi connectivity index (χ2n) is 2.50. The highest BCUT2D eigenvalue weighted by Gasteiger charge is 1.95. The lowest BCUT2D eigenvalue weighted by Crippen LogP contribution is -2.04. The molecule has 0 aromatic carbocycles. The molecule has 4 nitrogen and oxygen atoms in total. The van der Waals surface area contributed by atoms with Gasteiger partial charge in [-0.2, -0.15) is 0 Å². The van der Waals surface area contributed by atoms with Crippen LogP contribution in [0.25, 0.3) is 0 Å². The molecule has 0 radical (unpaired) electrons. The molecule has 72 valence electrons. The van der Waals surface area contributed by atoms with Crippen molar-refractivity contribution in [3.63, 3.8) is 0 Å². The Morgan fingerprint density at radius 3 is 2.92 bits per heavy atom. The Morgan fingerprint density at radius 2 is 2.23 bits per heavy atom. The third-order valence-corrected chi connectivity index (χ3v) is 1.56. The molecule has 13 heavy (non-hydrogen) atoms. The van der Waals surface area contributed by atoms with Gasteiger partial charge >= 0.3 is 0 Å². The molecule has 1 aromatic rings. The van der Waals surface area contributed by atoms with Crippen molar-refractivity contribution in [1.29, 1.82) is 0 Å². The molecule has 4 heteroatoms. The summed E-state index contributed by atoms with van der Waals surface area (Å²) >= 11 is 0. The molecule has 0 saturated carbocycles. The van der Waals surface area contributed by atoms with E-state index >= 15 is 0 Å². The number of rotatable bonds is 5. The predicted molar refractivity (Wildman–Crippen MR) is 51.2 cm³/mol. The first-order chi connectivity index (χ1) is 6.36. The van der Waals surface area contributed by atoms with Crippen molar-refractivity contribution in [3.8, 4) is 5.75 Å². The molecule has 0 bridgehead atoms. The summed E-state index contributed by atoms with van der Waals surface area (Å²) in [6.07, 6.45) is 3.42. The molecule has 0 amide bonds. The van der Waals surface area contributed by atoms with Crippen molar-refractivity contribution < 1.29 is 9.47 Å². The van der Waals surface area contributed by atoms with Crippen LogP contribution in [0, 0.1) is 0 Å². The van der Waals surface area contributed by atoms with Gasteiger partial charge in [0.1, 0.15) is 12.4 Å². The summed E-state index contributed by atoms with van der Waals surface area (Å²) in [6.45, 7) is 1.13. The normalized spacial score (nSPS) is 9.69. The fourth-order valence-corrected chi connectivity index (χ4v) is 0.877. The molecule has 0 spiro atoms. The third-order valence-electron chi connectivity index (χ3n) is 1.56. The van der Waals surface area contributed by atoms with E-state index in [2.05, 4.69) is 10.3 Å². The zero-order valence-corrected chi connectivity index (χ0v) is 7.91. The first-order valence-electron chi connectivity index (χ1n) is 4.11. The van der Waals surface area contributed by atoms with E-state index in [4.69, 9.17) is 9.47 Å². The van der Waals surface area contributed by atoms with Crippen LogP contribution < -0.4 is 10.1 Å². The molecule has 1 rings (SSSR count). The van der Waals surface area contributed by atoms with Crippen molar-refractivity contribution >= 4 is 5.69 Å². The van der Waals surface area contributed by atoms with Gasteiger partial charge in [-0.25, -0.2) is 0 Å². The number of ether oxygens (including phenoxy) is 2. The number of aromatic nitrogens is 1. The quantitative estimate of drug-likeness (QED) is 0.694. The smallest absolute Gasteiger partial charge is 0.139 e. The molecule has 0 unspecified atom stereocenters. The molecule has 1 aromatic heterocycles. The molecule has 0 fully saturated rings. The van der Waals surface area contributed by atoms with Crippen LogP contribution in [0.1, 0.15) is 0 Å². The van der Waals surface area contributed by atoms with E-state index in [9.17, 15) is 0 Å². The van der Waals surface area contributed by atoms with Crippen LogP contribution in [0.2, 0.25) is 0 Å². The minimum absolute atomic E-state index is 0.547. The summed E-state index contributed by atoms with van der Waals surface area (Å²) in [4.78, 5) is 4.01. The molecular formula is C9H14N2O2. The van der Waals surface area contributed by atoms with Crippen molar-refractivity contribution in [3.05, 3.63) is 18.5 Å². The van der Waals surface area contributed by atoms with Gasteiger partial charge in [-0.05, 0) is 0 Å². The Hall–Kier alpha value is -1.29. The van der Waals surface area contributed by atoms with Gasteiger partial charge in [0.2, 0.25) is 0 Å². The fourth-order valence-electron chi connectivity index (χ4n) is 0.877. The Kier molecular flexibility index (Phi) is 4.05.